The summed E-state index contributed by atoms with van der Waals surface area (Å²) in [5.41, 5.74) is 1.40. The number of nitrogens with zero attached hydrogens (tertiary/aromatic N) is 1. The second-order valence-corrected chi connectivity index (χ2v) is 9.27. The van der Waals surface area contributed by atoms with Gasteiger partial charge in [0.15, 0.2) is 0 Å². The zero-order valence-electron chi connectivity index (χ0n) is 16.4. The molecule has 1 aromatic carbocycles. The Hall–Kier alpha value is -1.66. The van der Waals surface area contributed by atoms with Crippen LogP contribution < -0.4 is 10.4 Å². The predicted octanol–water partition coefficient (Wildman–Crippen LogP) is 2.34. The quantitative estimate of drug-likeness (QED) is 0.765. The minimum Gasteiger partial charge on any atom is -0.399 e. The van der Waals surface area contributed by atoms with Gasteiger partial charge in [0.05, 0.1) is 22.7 Å². The lowest BCUT2D eigenvalue weighted by molar-refractivity contribution is -0.127. The molecule has 0 radical (unpaired) electrons. The summed E-state index contributed by atoms with van der Waals surface area (Å²) in [5.74, 6) is 0.284. The molecule has 2 fully saturated rings. The van der Waals surface area contributed by atoms with Gasteiger partial charge in [0.1, 0.15) is 5.78 Å². The third-order valence-corrected chi connectivity index (χ3v) is 6.53. The molecule has 2 aliphatic heterocycles. The third-order valence-electron chi connectivity index (χ3n) is 6.53. The van der Waals surface area contributed by atoms with Gasteiger partial charge >= 0.3 is 7.12 Å². The Morgan fingerprint density at radius 1 is 1.00 bits per heavy atom. The number of fused-ring (bicyclic) bond motifs is 1. The zero-order chi connectivity index (χ0) is 19.1. The van der Waals surface area contributed by atoms with Crippen molar-refractivity contribution in [3.8, 4) is 0 Å². The lowest BCUT2D eigenvalue weighted by atomic mass is 9.76. The minimum absolute atomic E-state index is 0.0240. The Bertz CT molecular complexity index is 790. The summed E-state index contributed by atoms with van der Waals surface area (Å²) in [6.45, 7) is 12.0. The van der Waals surface area contributed by atoms with Gasteiger partial charge < -0.3 is 14.2 Å². The fourth-order valence-electron chi connectivity index (χ4n) is 3.94. The molecular weight excluding hydrogens is 329 g/mol. The number of amides is 1. The molecule has 0 atom stereocenters. The fourth-order valence-corrected chi connectivity index (χ4v) is 3.94. The molecular formula is C20H26BNO4. The van der Waals surface area contributed by atoms with Crippen molar-refractivity contribution in [1.29, 1.82) is 0 Å². The molecule has 3 aliphatic rings. The highest BCUT2D eigenvalue weighted by molar-refractivity contribution is 6.62. The summed E-state index contributed by atoms with van der Waals surface area (Å²) in [5, 5.41) is 0. The topological polar surface area (TPSA) is 55.8 Å². The number of benzene rings is 1. The van der Waals surface area contributed by atoms with Gasteiger partial charge in [0.2, 0.25) is 5.91 Å². The van der Waals surface area contributed by atoms with E-state index in [1.807, 2.05) is 64.6 Å². The van der Waals surface area contributed by atoms with Crippen LogP contribution in [0.4, 0.5) is 5.69 Å². The summed E-state index contributed by atoms with van der Waals surface area (Å²) >= 11 is 0. The van der Waals surface area contributed by atoms with Gasteiger partial charge in [0.25, 0.3) is 0 Å². The van der Waals surface area contributed by atoms with Crippen LogP contribution in [0.25, 0.3) is 0 Å². The van der Waals surface area contributed by atoms with Crippen molar-refractivity contribution >= 4 is 30.0 Å². The van der Waals surface area contributed by atoms with Crippen LogP contribution in [0, 0.1) is 0 Å². The predicted molar refractivity (Wildman–Crippen MR) is 101 cm³/mol. The number of rotatable bonds is 2. The van der Waals surface area contributed by atoms with E-state index in [2.05, 4.69) is 0 Å². The SMILES string of the molecule is CC1(C)C(=O)N(C2CC(=O)C2)c2cc(B3OC(C)(C)C(C)(C)O3)ccc21. The maximum Gasteiger partial charge on any atom is 0.494 e. The molecule has 6 heteroatoms. The summed E-state index contributed by atoms with van der Waals surface area (Å²) < 4.78 is 12.3. The van der Waals surface area contributed by atoms with Gasteiger partial charge in [-0.3, -0.25) is 9.59 Å². The molecule has 26 heavy (non-hydrogen) atoms. The highest BCUT2D eigenvalue weighted by atomic mass is 16.7. The third kappa shape index (κ3) is 2.31. The first kappa shape index (κ1) is 17.7. The smallest absolute Gasteiger partial charge is 0.399 e. The molecule has 0 spiro atoms. The molecule has 1 aromatic rings. The molecule has 1 saturated heterocycles. The van der Waals surface area contributed by atoms with Crippen LogP contribution in [-0.2, 0) is 24.3 Å². The lowest BCUT2D eigenvalue weighted by Crippen LogP contribution is -2.49. The maximum absolute atomic E-state index is 13.0. The van der Waals surface area contributed by atoms with Gasteiger partial charge in [-0.15, -0.1) is 0 Å². The number of Topliss-reactive ketones (excluding diaryl/α,β-unsaturated/α-hetero) is 1. The van der Waals surface area contributed by atoms with Crippen LogP contribution in [0.2, 0.25) is 0 Å². The van der Waals surface area contributed by atoms with Crippen LogP contribution in [-0.4, -0.2) is 36.1 Å². The van der Waals surface area contributed by atoms with Crippen LogP contribution in [0.1, 0.15) is 59.9 Å². The second kappa shape index (κ2) is 5.20. The number of anilines is 1. The molecule has 1 aliphatic carbocycles. The molecule has 2 heterocycles. The van der Waals surface area contributed by atoms with Gasteiger partial charge in [-0.05, 0) is 58.6 Å². The van der Waals surface area contributed by atoms with Crippen molar-refractivity contribution in [2.45, 2.75) is 77.0 Å². The minimum atomic E-state index is -0.581. The lowest BCUT2D eigenvalue weighted by Gasteiger charge is -2.35. The number of ketones is 1. The molecule has 0 aromatic heterocycles. The van der Waals surface area contributed by atoms with E-state index in [9.17, 15) is 9.59 Å². The van der Waals surface area contributed by atoms with Crippen molar-refractivity contribution in [3.05, 3.63) is 23.8 Å². The Balaban J connectivity index is 1.72. The summed E-state index contributed by atoms with van der Waals surface area (Å²) in [7, 11) is -0.464. The highest BCUT2D eigenvalue weighted by Crippen LogP contribution is 2.45. The zero-order valence-corrected chi connectivity index (χ0v) is 16.4. The van der Waals surface area contributed by atoms with Gasteiger partial charge in [-0.25, -0.2) is 0 Å². The van der Waals surface area contributed by atoms with Crippen molar-refractivity contribution in [3.63, 3.8) is 0 Å². The first-order valence-corrected chi connectivity index (χ1v) is 9.29. The Labute approximate surface area is 155 Å². The molecule has 0 unspecified atom stereocenters. The van der Waals surface area contributed by atoms with E-state index in [0.29, 0.717) is 12.8 Å². The van der Waals surface area contributed by atoms with Crippen LogP contribution in [0.5, 0.6) is 0 Å². The second-order valence-electron chi connectivity index (χ2n) is 9.27. The van der Waals surface area contributed by atoms with E-state index >= 15 is 0 Å². The fraction of sp³-hybridized carbons (Fsp3) is 0.600. The first-order chi connectivity index (χ1) is 11.9. The average Bonchev–Trinajstić information content (AvgIpc) is 2.84. The van der Waals surface area contributed by atoms with Gasteiger partial charge in [-0.2, -0.15) is 0 Å². The number of carbonyl (C=O) groups excluding carboxylic acids is 2. The van der Waals surface area contributed by atoms with E-state index in [-0.39, 0.29) is 17.7 Å². The maximum atomic E-state index is 13.0. The summed E-state index contributed by atoms with van der Waals surface area (Å²) in [6, 6.07) is 5.98. The Morgan fingerprint density at radius 3 is 2.12 bits per heavy atom. The Morgan fingerprint density at radius 2 is 1.58 bits per heavy atom. The summed E-state index contributed by atoms with van der Waals surface area (Å²) in [4.78, 5) is 26.3. The molecule has 1 amide bonds. The van der Waals surface area contributed by atoms with Crippen molar-refractivity contribution in [2.75, 3.05) is 4.90 Å². The van der Waals surface area contributed by atoms with E-state index in [1.54, 1.807) is 0 Å². The molecule has 4 rings (SSSR count). The molecule has 1 saturated carbocycles. The average molecular weight is 355 g/mol. The normalized spacial score (nSPS) is 26.2. The highest BCUT2D eigenvalue weighted by Gasteiger charge is 2.53. The van der Waals surface area contributed by atoms with Crippen molar-refractivity contribution in [2.24, 2.45) is 0 Å². The van der Waals surface area contributed by atoms with Gasteiger partial charge in [-0.1, -0.05) is 12.1 Å². The van der Waals surface area contributed by atoms with Crippen LogP contribution in [0.15, 0.2) is 18.2 Å². The largest absolute Gasteiger partial charge is 0.494 e. The van der Waals surface area contributed by atoms with E-state index in [4.69, 9.17) is 9.31 Å². The van der Waals surface area contributed by atoms with Crippen LogP contribution in [0.3, 0.4) is 0 Å². The summed E-state index contributed by atoms with van der Waals surface area (Å²) in [6.07, 6.45) is 0.893. The molecule has 0 N–H and O–H groups in total. The number of carbonyl (C=O) groups is 2. The Kier molecular flexibility index (Phi) is 3.55. The monoisotopic (exact) mass is 355 g/mol. The standard InChI is InChI=1S/C20H26BNO4/c1-18(2)15-8-7-12(21-25-19(3,4)20(5,6)26-21)9-16(15)22(17(18)24)13-10-14(23)11-13/h7-9,13H,10-11H2,1-6H3. The molecule has 0 bridgehead atoms. The number of hydrogen-bond donors (Lipinski definition) is 0. The van der Waals surface area contributed by atoms with E-state index in [0.717, 1.165) is 16.7 Å². The van der Waals surface area contributed by atoms with E-state index < -0.39 is 23.7 Å². The van der Waals surface area contributed by atoms with Crippen molar-refractivity contribution < 1.29 is 18.9 Å². The van der Waals surface area contributed by atoms with E-state index in [1.165, 1.54) is 0 Å². The number of hydrogen-bond acceptors (Lipinski definition) is 4. The molecule has 138 valence electrons. The van der Waals surface area contributed by atoms with Crippen LogP contribution >= 0.6 is 0 Å². The first-order valence-electron chi connectivity index (χ1n) is 9.29. The van der Waals surface area contributed by atoms with Crippen molar-refractivity contribution in [1.82, 2.24) is 0 Å². The van der Waals surface area contributed by atoms with Gasteiger partial charge in [0, 0.05) is 18.5 Å². The molecule has 5 nitrogen and oxygen atoms in total.